The fraction of sp³-hybridized carbons (Fsp3) is 0. The van der Waals surface area contributed by atoms with Gasteiger partial charge in [0.25, 0.3) is 5.91 Å². The molecule has 0 spiro atoms. The fourth-order valence-corrected chi connectivity index (χ4v) is 1.63. The van der Waals surface area contributed by atoms with E-state index < -0.39 is 11.9 Å². The van der Waals surface area contributed by atoms with Crippen LogP contribution in [0, 0.1) is 0 Å². The van der Waals surface area contributed by atoms with Crippen LogP contribution in [-0.4, -0.2) is 27.2 Å². The largest absolute Gasteiger partial charge is 0.508 e. The molecule has 2 rings (SSSR count). The van der Waals surface area contributed by atoms with Gasteiger partial charge in [0.1, 0.15) is 11.5 Å². The van der Waals surface area contributed by atoms with Crippen molar-refractivity contribution in [2.75, 3.05) is 5.32 Å². The van der Waals surface area contributed by atoms with Crippen molar-refractivity contribution < 1.29 is 24.9 Å². The van der Waals surface area contributed by atoms with Crippen molar-refractivity contribution in [1.82, 2.24) is 0 Å². The number of carboxylic acids is 1. The average Bonchev–Trinajstić information content (AvgIpc) is 2.39. The monoisotopic (exact) mass is 273 g/mol. The first-order chi connectivity index (χ1) is 9.47. The summed E-state index contributed by atoms with van der Waals surface area (Å²) in [6, 6.07) is 9.05. The van der Waals surface area contributed by atoms with Gasteiger partial charge >= 0.3 is 5.97 Å². The number of benzene rings is 2. The molecular formula is C14H11NO5. The number of carboxylic acid groups (broad SMARTS) is 1. The lowest BCUT2D eigenvalue weighted by Gasteiger charge is -2.09. The third-order valence-corrected chi connectivity index (χ3v) is 2.61. The number of phenolic OH excluding ortho intramolecular Hbond substituents is 2. The zero-order chi connectivity index (χ0) is 14.7. The molecule has 0 bridgehead atoms. The zero-order valence-electron chi connectivity index (χ0n) is 10.2. The highest BCUT2D eigenvalue weighted by molar-refractivity contribution is 6.07. The van der Waals surface area contributed by atoms with Crippen molar-refractivity contribution >= 4 is 17.6 Å². The van der Waals surface area contributed by atoms with Crippen molar-refractivity contribution in [3.8, 4) is 11.5 Å². The fourth-order valence-electron chi connectivity index (χ4n) is 1.63. The molecule has 0 aromatic heterocycles. The molecule has 0 aliphatic heterocycles. The smallest absolute Gasteiger partial charge is 0.337 e. The Bertz CT molecular complexity index is 664. The van der Waals surface area contributed by atoms with Gasteiger partial charge in [-0.2, -0.15) is 0 Å². The van der Waals surface area contributed by atoms with Crippen LogP contribution in [0.5, 0.6) is 11.5 Å². The van der Waals surface area contributed by atoms with Gasteiger partial charge in [-0.25, -0.2) is 4.79 Å². The van der Waals surface area contributed by atoms with Gasteiger partial charge in [-0.1, -0.05) is 0 Å². The van der Waals surface area contributed by atoms with E-state index in [1.165, 1.54) is 36.4 Å². The number of rotatable bonds is 3. The summed E-state index contributed by atoms with van der Waals surface area (Å²) >= 11 is 0. The summed E-state index contributed by atoms with van der Waals surface area (Å²) in [5, 5.41) is 29.9. The number of hydrogen-bond acceptors (Lipinski definition) is 4. The lowest BCUT2D eigenvalue weighted by Crippen LogP contribution is -2.14. The molecule has 0 saturated carbocycles. The second-order valence-electron chi connectivity index (χ2n) is 4.04. The Hall–Kier alpha value is -3.02. The summed E-state index contributed by atoms with van der Waals surface area (Å²) in [7, 11) is 0. The molecule has 6 heteroatoms. The predicted octanol–water partition coefficient (Wildman–Crippen LogP) is 2.05. The minimum Gasteiger partial charge on any atom is -0.508 e. The van der Waals surface area contributed by atoms with Crippen LogP contribution < -0.4 is 5.32 Å². The molecule has 0 radical (unpaired) electrons. The van der Waals surface area contributed by atoms with Crippen LogP contribution in [0.3, 0.4) is 0 Å². The Kier molecular flexibility index (Phi) is 3.56. The molecule has 2 aromatic rings. The van der Waals surface area contributed by atoms with Gasteiger partial charge in [-0.15, -0.1) is 0 Å². The summed E-state index contributed by atoms with van der Waals surface area (Å²) < 4.78 is 0. The van der Waals surface area contributed by atoms with E-state index in [4.69, 9.17) is 10.2 Å². The van der Waals surface area contributed by atoms with Crippen LogP contribution in [0.4, 0.5) is 5.69 Å². The maximum atomic E-state index is 11.9. The Labute approximate surface area is 113 Å². The van der Waals surface area contributed by atoms with Crippen LogP contribution in [0.15, 0.2) is 42.5 Å². The standard InChI is InChI=1S/C14H11NO5/c16-9-3-1-8(2-4-9)13(18)15-12-7-10(17)5-6-11(12)14(19)20/h1-7,16-17H,(H,15,18)(H,19,20). The van der Waals surface area contributed by atoms with E-state index >= 15 is 0 Å². The molecule has 0 heterocycles. The minimum atomic E-state index is -1.22. The first-order valence-electron chi connectivity index (χ1n) is 5.64. The molecule has 0 aliphatic rings. The highest BCUT2D eigenvalue weighted by Crippen LogP contribution is 2.22. The van der Waals surface area contributed by atoms with Crippen molar-refractivity contribution in [3.05, 3.63) is 53.6 Å². The highest BCUT2D eigenvalue weighted by Gasteiger charge is 2.14. The van der Waals surface area contributed by atoms with E-state index in [2.05, 4.69) is 5.32 Å². The van der Waals surface area contributed by atoms with E-state index in [1.54, 1.807) is 0 Å². The maximum Gasteiger partial charge on any atom is 0.337 e. The van der Waals surface area contributed by atoms with E-state index in [9.17, 15) is 14.7 Å². The van der Waals surface area contributed by atoms with Crippen molar-refractivity contribution in [1.29, 1.82) is 0 Å². The Balaban J connectivity index is 2.29. The Morgan fingerprint density at radius 2 is 1.50 bits per heavy atom. The Morgan fingerprint density at radius 3 is 2.10 bits per heavy atom. The van der Waals surface area contributed by atoms with E-state index in [1.807, 2.05) is 0 Å². The molecule has 20 heavy (non-hydrogen) atoms. The van der Waals surface area contributed by atoms with E-state index in [-0.39, 0.29) is 28.3 Å². The van der Waals surface area contributed by atoms with Gasteiger partial charge < -0.3 is 20.6 Å². The number of hydrogen-bond donors (Lipinski definition) is 4. The lowest BCUT2D eigenvalue weighted by atomic mass is 10.1. The SMILES string of the molecule is O=C(Nc1cc(O)ccc1C(=O)O)c1ccc(O)cc1. The molecular weight excluding hydrogens is 262 g/mol. The molecule has 4 N–H and O–H groups in total. The van der Waals surface area contributed by atoms with Crippen LogP contribution >= 0.6 is 0 Å². The first kappa shape index (κ1) is 13.4. The van der Waals surface area contributed by atoms with Crippen LogP contribution in [0.2, 0.25) is 0 Å². The molecule has 0 fully saturated rings. The van der Waals surface area contributed by atoms with Crippen LogP contribution in [0.25, 0.3) is 0 Å². The lowest BCUT2D eigenvalue weighted by molar-refractivity contribution is 0.0698. The van der Waals surface area contributed by atoms with E-state index in [0.717, 1.165) is 6.07 Å². The number of nitrogens with one attached hydrogen (secondary N) is 1. The molecule has 102 valence electrons. The summed E-state index contributed by atoms with van der Waals surface area (Å²) in [6.45, 7) is 0. The van der Waals surface area contributed by atoms with Gasteiger partial charge in [-0.05, 0) is 36.4 Å². The summed E-state index contributed by atoms with van der Waals surface area (Å²) in [5.74, 6) is -1.90. The number of carbonyl (C=O) groups excluding carboxylic acids is 1. The molecule has 0 aliphatic carbocycles. The molecule has 1 amide bonds. The molecule has 6 nitrogen and oxygen atoms in total. The van der Waals surface area contributed by atoms with Gasteiger partial charge in [-0.3, -0.25) is 4.79 Å². The number of anilines is 1. The van der Waals surface area contributed by atoms with Crippen molar-refractivity contribution in [2.24, 2.45) is 0 Å². The van der Waals surface area contributed by atoms with Crippen LogP contribution in [-0.2, 0) is 0 Å². The number of carbonyl (C=O) groups is 2. The third-order valence-electron chi connectivity index (χ3n) is 2.61. The van der Waals surface area contributed by atoms with Crippen molar-refractivity contribution in [2.45, 2.75) is 0 Å². The first-order valence-corrected chi connectivity index (χ1v) is 5.64. The second kappa shape index (κ2) is 5.31. The minimum absolute atomic E-state index is 0.00410. The maximum absolute atomic E-state index is 11.9. The third kappa shape index (κ3) is 2.86. The number of amides is 1. The average molecular weight is 273 g/mol. The van der Waals surface area contributed by atoms with Gasteiger partial charge in [0.15, 0.2) is 0 Å². The summed E-state index contributed by atoms with van der Waals surface area (Å²) in [5.41, 5.74) is 0.119. The number of phenols is 2. The van der Waals surface area contributed by atoms with Gasteiger partial charge in [0.05, 0.1) is 11.3 Å². The summed E-state index contributed by atoms with van der Waals surface area (Å²) in [6.07, 6.45) is 0. The Morgan fingerprint density at radius 1 is 0.900 bits per heavy atom. The topological polar surface area (TPSA) is 107 Å². The van der Waals surface area contributed by atoms with Crippen molar-refractivity contribution in [3.63, 3.8) is 0 Å². The molecule has 2 aromatic carbocycles. The van der Waals surface area contributed by atoms with Crippen LogP contribution in [0.1, 0.15) is 20.7 Å². The molecule has 0 saturated heterocycles. The zero-order valence-corrected chi connectivity index (χ0v) is 10.2. The predicted molar refractivity (Wildman–Crippen MR) is 71.1 cm³/mol. The number of aromatic carboxylic acids is 1. The van der Waals surface area contributed by atoms with Gasteiger partial charge in [0, 0.05) is 11.6 Å². The molecule has 0 unspecified atom stereocenters. The van der Waals surface area contributed by atoms with Gasteiger partial charge in [0.2, 0.25) is 0 Å². The highest BCUT2D eigenvalue weighted by atomic mass is 16.4. The van der Waals surface area contributed by atoms with E-state index in [0.29, 0.717) is 0 Å². The quantitative estimate of drug-likeness (QED) is 0.684. The molecule has 0 atom stereocenters. The normalized spacial score (nSPS) is 10.0. The summed E-state index contributed by atoms with van der Waals surface area (Å²) in [4.78, 5) is 23.0. The second-order valence-corrected chi connectivity index (χ2v) is 4.04. The number of aromatic hydroxyl groups is 2.